The normalized spacial score (nSPS) is 9.67. The molecule has 0 bridgehead atoms. The zero-order valence-electron chi connectivity index (χ0n) is 9.07. The van der Waals surface area contributed by atoms with Crippen LogP contribution in [0, 0.1) is 20.8 Å². The van der Waals surface area contributed by atoms with Gasteiger partial charge in [-0.05, 0) is 13.8 Å². The second kappa shape index (κ2) is 6.13. The van der Waals surface area contributed by atoms with Crippen LogP contribution in [-0.4, -0.2) is 0 Å². The second-order valence-electron chi connectivity index (χ2n) is 3.69. The Kier molecular flexibility index (Phi) is 5.46. The van der Waals surface area contributed by atoms with Crippen molar-refractivity contribution >= 4 is 27.8 Å². The van der Waals surface area contributed by atoms with Crippen molar-refractivity contribution in [1.82, 2.24) is 0 Å². The molecule has 3 heteroatoms. The molecule has 2 aromatic carbocycles. The van der Waals surface area contributed by atoms with Gasteiger partial charge in [-0.1, -0.05) is 24.1 Å². The Morgan fingerprint density at radius 2 is 1.67 bits per heavy atom. The quantitative estimate of drug-likeness (QED) is 0.608. The van der Waals surface area contributed by atoms with Crippen LogP contribution < -0.4 is 0 Å². The van der Waals surface area contributed by atoms with E-state index in [1.54, 1.807) is 0 Å². The third-order valence-electron chi connectivity index (χ3n) is 2.32. The Morgan fingerprint density at radius 1 is 1.07 bits per heavy atom. The van der Waals surface area contributed by atoms with E-state index in [2.05, 4.69) is 45.0 Å². The van der Waals surface area contributed by atoms with Crippen LogP contribution in [0.3, 0.4) is 0 Å². The first-order chi connectivity index (χ1) is 7.08. The molecule has 0 aliphatic carbocycles. The number of fused-ring (bicyclic) bond motifs is 1. The predicted molar refractivity (Wildman–Crippen MR) is 65.5 cm³/mol. The number of aryl methyl sites for hydroxylation is 3. The van der Waals surface area contributed by atoms with E-state index in [4.69, 9.17) is 17.0 Å². The topological polar surface area (TPSA) is 0 Å². The van der Waals surface area contributed by atoms with Crippen molar-refractivity contribution in [3.8, 4) is 0 Å². The molecule has 0 aliphatic rings. The fraction of sp³-hybridized carbons (Fsp3) is 0.250. The van der Waals surface area contributed by atoms with E-state index in [-0.39, 0.29) is 0 Å². The van der Waals surface area contributed by atoms with E-state index in [1.165, 1.54) is 27.5 Å². The molecule has 0 heterocycles. The summed E-state index contributed by atoms with van der Waals surface area (Å²) >= 11 is -0.826. The van der Waals surface area contributed by atoms with Crippen molar-refractivity contribution in [1.29, 1.82) is 0 Å². The molecule has 0 aliphatic heterocycles. The molecule has 2 rings (SSSR count). The van der Waals surface area contributed by atoms with Gasteiger partial charge in [0.25, 0.3) is 0 Å². The van der Waals surface area contributed by atoms with Crippen LogP contribution in [0.2, 0.25) is 0 Å². The summed E-state index contributed by atoms with van der Waals surface area (Å²) in [5, 5.41) is 2.78. The van der Waals surface area contributed by atoms with Crippen molar-refractivity contribution in [2.24, 2.45) is 0 Å². The van der Waals surface area contributed by atoms with Gasteiger partial charge in [0, 0.05) is 0 Å². The molecule has 0 spiro atoms. The third kappa shape index (κ3) is 3.66. The SMILES string of the molecule is Cc1cc(C)c2cc(C)[cH-]c2c1.[Cl][Zr][Cl]. The summed E-state index contributed by atoms with van der Waals surface area (Å²) in [5.74, 6) is 0. The molecular weight excluding hydrogens is 306 g/mol. The van der Waals surface area contributed by atoms with Gasteiger partial charge in [0.2, 0.25) is 0 Å². The third-order valence-corrected chi connectivity index (χ3v) is 2.32. The van der Waals surface area contributed by atoms with Crippen molar-refractivity contribution in [2.75, 3.05) is 0 Å². The van der Waals surface area contributed by atoms with Gasteiger partial charge in [-0.2, -0.15) is 6.07 Å². The van der Waals surface area contributed by atoms with Gasteiger partial charge < -0.3 is 0 Å². The van der Waals surface area contributed by atoms with Gasteiger partial charge in [0.1, 0.15) is 0 Å². The molecule has 0 radical (unpaired) electrons. The first-order valence-electron chi connectivity index (χ1n) is 4.69. The van der Waals surface area contributed by atoms with Gasteiger partial charge in [-0.25, -0.2) is 0 Å². The number of benzene rings is 1. The molecule has 0 nitrogen and oxygen atoms in total. The van der Waals surface area contributed by atoms with Gasteiger partial charge in [-0.15, -0.1) is 28.5 Å². The van der Waals surface area contributed by atoms with E-state index in [1.807, 2.05) is 0 Å². The van der Waals surface area contributed by atoms with Gasteiger partial charge >= 0.3 is 37.9 Å². The molecule has 0 aromatic heterocycles. The van der Waals surface area contributed by atoms with Crippen molar-refractivity contribution in [3.63, 3.8) is 0 Å². The summed E-state index contributed by atoms with van der Waals surface area (Å²) in [7, 11) is 9.87. The molecule has 0 N–H and O–H groups in total. The fourth-order valence-corrected chi connectivity index (χ4v) is 1.84. The van der Waals surface area contributed by atoms with Crippen LogP contribution in [0.4, 0.5) is 0 Å². The zero-order chi connectivity index (χ0) is 11.4. The predicted octanol–water partition coefficient (Wildman–Crippen LogP) is 4.86. The van der Waals surface area contributed by atoms with E-state index < -0.39 is 20.8 Å². The molecule has 80 valence electrons. The van der Waals surface area contributed by atoms with Crippen LogP contribution >= 0.6 is 17.0 Å². The Hall–Kier alpha value is 0.293. The molecule has 2 aromatic rings. The number of rotatable bonds is 0. The van der Waals surface area contributed by atoms with Gasteiger partial charge in [0.15, 0.2) is 0 Å². The number of hydrogen-bond donors (Lipinski definition) is 0. The fourth-order valence-electron chi connectivity index (χ4n) is 1.84. The molecule has 0 unspecified atom stereocenters. The van der Waals surface area contributed by atoms with Crippen LogP contribution in [0.15, 0.2) is 24.3 Å². The summed E-state index contributed by atoms with van der Waals surface area (Å²) < 4.78 is 0. The van der Waals surface area contributed by atoms with Gasteiger partial charge in [0.05, 0.1) is 0 Å². The van der Waals surface area contributed by atoms with E-state index in [9.17, 15) is 0 Å². The Labute approximate surface area is 110 Å². The van der Waals surface area contributed by atoms with Crippen LogP contribution in [0.1, 0.15) is 16.7 Å². The first kappa shape index (κ1) is 13.4. The van der Waals surface area contributed by atoms with E-state index >= 15 is 0 Å². The molecular formula is C12H13Cl2Zr-. The molecule has 0 atom stereocenters. The van der Waals surface area contributed by atoms with Crippen LogP contribution in [0.25, 0.3) is 10.8 Å². The standard InChI is InChI=1S/C12H13.2ClH.Zr/c1-8-4-10(3)12-7-9(2)6-11(12)5-8;;;/h4-7H,1-3H3;2*1H;/q-1;;;+2/p-2. The summed E-state index contributed by atoms with van der Waals surface area (Å²) in [6.45, 7) is 6.47. The zero-order valence-corrected chi connectivity index (χ0v) is 13.0. The van der Waals surface area contributed by atoms with Crippen LogP contribution in [-0.2, 0) is 20.8 Å². The molecule has 0 fully saturated rings. The minimum atomic E-state index is -0.826. The van der Waals surface area contributed by atoms with Crippen molar-refractivity contribution in [2.45, 2.75) is 20.8 Å². The molecule has 0 saturated carbocycles. The molecule has 15 heavy (non-hydrogen) atoms. The Bertz CT molecular complexity index is 446. The summed E-state index contributed by atoms with van der Waals surface area (Å²) in [6, 6.07) is 8.98. The van der Waals surface area contributed by atoms with Crippen molar-refractivity contribution in [3.05, 3.63) is 41.0 Å². The second-order valence-corrected chi connectivity index (χ2v) is 7.42. The summed E-state index contributed by atoms with van der Waals surface area (Å²) in [4.78, 5) is 0. The maximum atomic E-state index is 4.93. The monoisotopic (exact) mass is 317 g/mol. The van der Waals surface area contributed by atoms with E-state index in [0.29, 0.717) is 0 Å². The summed E-state index contributed by atoms with van der Waals surface area (Å²) in [5.41, 5.74) is 4.10. The minimum absolute atomic E-state index is 0.826. The number of halogens is 2. The average molecular weight is 319 g/mol. The van der Waals surface area contributed by atoms with Gasteiger partial charge in [-0.3, -0.25) is 0 Å². The molecule has 0 saturated heterocycles. The Morgan fingerprint density at radius 3 is 2.27 bits per heavy atom. The summed E-state index contributed by atoms with van der Waals surface area (Å²) in [6.07, 6.45) is 0. The van der Waals surface area contributed by atoms with E-state index in [0.717, 1.165) is 0 Å². The Balaban J connectivity index is 0.000000337. The average Bonchev–Trinajstić information content (AvgIpc) is 2.47. The molecule has 0 amide bonds. The van der Waals surface area contributed by atoms with Crippen molar-refractivity contribution < 1.29 is 20.8 Å². The van der Waals surface area contributed by atoms with Crippen LogP contribution in [0.5, 0.6) is 0 Å². The first-order valence-corrected chi connectivity index (χ1v) is 11.0. The maximum absolute atomic E-state index is 4.93. The number of hydrogen-bond acceptors (Lipinski definition) is 0.